The normalized spacial score (nSPS) is 13.5. The third-order valence-electron chi connectivity index (χ3n) is 3.82. The summed E-state index contributed by atoms with van der Waals surface area (Å²) in [5, 5.41) is 3.40. The maximum absolute atomic E-state index is 13.5. The largest absolute Gasteiger partial charge is 0.353 e. The second-order valence-corrected chi connectivity index (χ2v) is 7.84. The van der Waals surface area contributed by atoms with Crippen LogP contribution in [0.25, 0.3) is 0 Å². The van der Waals surface area contributed by atoms with E-state index in [1.807, 2.05) is 44.1 Å². The molecular weight excluding hydrogens is 359 g/mol. The van der Waals surface area contributed by atoms with Crippen LogP contribution in [0.3, 0.4) is 0 Å². The molecule has 3 nitrogen and oxygen atoms in total. The highest BCUT2D eigenvalue weighted by Crippen LogP contribution is 2.25. The minimum Gasteiger partial charge on any atom is -0.353 e. The number of hydrogen-bond donors (Lipinski definition) is 1. The molecule has 0 saturated heterocycles. The first kappa shape index (κ1) is 19.8. The molecule has 1 amide bonds. The van der Waals surface area contributed by atoms with Gasteiger partial charge in [-0.1, -0.05) is 23.7 Å². The molecule has 2 aromatic rings. The number of hydrogen-bond acceptors (Lipinski definition) is 3. The van der Waals surface area contributed by atoms with Crippen LogP contribution in [0.4, 0.5) is 4.39 Å². The molecule has 0 aliphatic carbocycles. The van der Waals surface area contributed by atoms with Gasteiger partial charge in [0.25, 0.3) is 0 Å². The first-order chi connectivity index (χ1) is 11.9. The molecule has 0 fully saturated rings. The van der Waals surface area contributed by atoms with Gasteiger partial charge in [-0.05, 0) is 63.0 Å². The number of nitrogens with one attached hydrogen (secondary N) is 1. The number of halogens is 2. The van der Waals surface area contributed by atoms with Crippen molar-refractivity contribution in [1.29, 1.82) is 0 Å². The van der Waals surface area contributed by atoms with Gasteiger partial charge in [0.05, 0.1) is 11.3 Å². The molecule has 25 heavy (non-hydrogen) atoms. The lowest BCUT2D eigenvalue weighted by atomic mass is 10.1. The van der Waals surface area contributed by atoms with E-state index >= 15 is 0 Å². The highest BCUT2D eigenvalue weighted by molar-refractivity contribution is 8.00. The van der Waals surface area contributed by atoms with Crippen molar-refractivity contribution in [3.8, 4) is 0 Å². The van der Waals surface area contributed by atoms with Crippen LogP contribution < -0.4 is 5.32 Å². The zero-order valence-corrected chi connectivity index (χ0v) is 16.1. The van der Waals surface area contributed by atoms with Crippen molar-refractivity contribution in [2.45, 2.75) is 23.1 Å². The Morgan fingerprint density at radius 2 is 1.92 bits per heavy atom. The van der Waals surface area contributed by atoms with Gasteiger partial charge in [0, 0.05) is 16.5 Å². The lowest BCUT2D eigenvalue weighted by Gasteiger charge is -2.25. The zero-order chi connectivity index (χ0) is 18.4. The number of carbonyl (C=O) groups is 1. The van der Waals surface area contributed by atoms with Gasteiger partial charge in [-0.2, -0.15) is 0 Å². The second kappa shape index (κ2) is 9.22. The average Bonchev–Trinajstić information content (AvgIpc) is 2.56. The Morgan fingerprint density at radius 1 is 1.24 bits per heavy atom. The molecule has 2 atom stereocenters. The van der Waals surface area contributed by atoms with Crippen LogP contribution in [0.2, 0.25) is 5.02 Å². The summed E-state index contributed by atoms with van der Waals surface area (Å²) in [7, 11) is 3.82. The van der Waals surface area contributed by atoms with E-state index < -0.39 is 0 Å². The molecule has 2 rings (SSSR count). The van der Waals surface area contributed by atoms with E-state index in [4.69, 9.17) is 11.6 Å². The summed E-state index contributed by atoms with van der Waals surface area (Å²) in [6.45, 7) is 2.28. The van der Waals surface area contributed by atoms with Crippen molar-refractivity contribution in [2.75, 3.05) is 20.6 Å². The number of benzene rings is 2. The van der Waals surface area contributed by atoms with Crippen LogP contribution >= 0.6 is 23.4 Å². The van der Waals surface area contributed by atoms with Crippen LogP contribution in [-0.4, -0.2) is 36.7 Å². The number of thioether (sulfide) groups is 1. The van der Waals surface area contributed by atoms with Crippen molar-refractivity contribution >= 4 is 29.3 Å². The lowest BCUT2D eigenvalue weighted by Crippen LogP contribution is -2.38. The molecule has 0 radical (unpaired) electrons. The molecule has 0 heterocycles. The van der Waals surface area contributed by atoms with Gasteiger partial charge >= 0.3 is 0 Å². The average molecular weight is 381 g/mol. The Bertz CT molecular complexity index is 709. The van der Waals surface area contributed by atoms with Gasteiger partial charge in [0.15, 0.2) is 0 Å². The molecule has 0 aliphatic heterocycles. The van der Waals surface area contributed by atoms with E-state index in [2.05, 4.69) is 5.32 Å². The van der Waals surface area contributed by atoms with Gasteiger partial charge in [-0.25, -0.2) is 4.39 Å². The molecular formula is C19H22ClFN2OS. The summed E-state index contributed by atoms with van der Waals surface area (Å²) in [6.07, 6.45) is 0. The number of carbonyl (C=O) groups excluding carboxylic acids is 1. The number of rotatable bonds is 7. The Kier molecular flexibility index (Phi) is 7.29. The smallest absolute Gasteiger partial charge is 0.233 e. The van der Waals surface area contributed by atoms with E-state index in [9.17, 15) is 9.18 Å². The van der Waals surface area contributed by atoms with E-state index in [1.165, 1.54) is 23.9 Å². The number of amides is 1. The Morgan fingerprint density at radius 3 is 2.52 bits per heavy atom. The summed E-state index contributed by atoms with van der Waals surface area (Å²) in [5.41, 5.74) is 0.836. The van der Waals surface area contributed by atoms with Gasteiger partial charge in [-0.15, -0.1) is 11.8 Å². The van der Waals surface area contributed by atoms with Gasteiger partial charge in [0.1, 0.15) is 5.82 Å². The summed E-state index contributed by atoms with van der Waals surface area (Å²) in [5.74, 6) is -0.328. The Labute approximate surface area is 157 Å². The van der Waals surface area contributed by atoms with Crippen LogP contribution in [0.15, 0.2) is 53.4 Å². The predicted molar refractivity (Wildman–Crippen MR) is 103 cm³/mol. The maximum Gasteiger partial charge on any atom is 0.233 e. The zero-order valence-electron chi connectivity index (χ0n) is 14.5. The minimum absolute atomic E-state index is 0.0526. The fourth-order valence-corrected chi connectivity index (χ4v) is 3.44. The first-order valence-electron chi connectivity index (χ1n) is 7.98. The third kappa shape index (κ3) is 6.03. The molecule has 0 aliphatic rings. The lowest BCUT2D eigenvalue weighted by molar-refractivity contribution is -0.120. The fourth-order valence-electron chi connectivity index (χ4n) is 2.42. The molecule has 134 valence electrons. The summed E-state index contributed by atoms with van der Waals surface area (Å²) < 4.78 is 13.5. The quantitative estimate of drug-likeness (QED) is 0.723. The second-order valence-electron chi connectivity index (χ2n) is 5.99. The van der Waals surface area contributed by atoms with Gasteiger partial charge < -0.3 is 10.2 Å². The highest BCUT2D eigenvalue weighted by Gasteiger charge is 2.19. The number of nitrogens with zero attached hydrogens (tertiary/aromatic N) is 1. The first-order valence-corrected chi connectivity index (χ1v) is 9.24. The van der Waals surface area contributed by atoms with Crippen LogP contribution in [0, 0.1) is 5.82 Å². The van der Waals surface area contributed by atoms with Crippen LogP contribution in [0.1, 0.15) is 18.5 Å². The maximum atomic E-state index is 13.5. The molecule has 2 aromatic carbocycles. The molecule has 0 spiro atoms. The minimum atomic E-state index is -0.276. The molecule has 0 bridgehead atoms. The van der Waals surface area contributed by atoms with Crippen LogP contribution in [0.5, 0.6) is 0 Å². The molecule has 6 heteroatoms. The standard InChI is InChI=1S/C19H22ClFN2OS/c1-13(25-17-9-7-15(20)8-10-17)19(24)22-12-18(23(2)3)14-5-4-6-16(21)11-14/h4-11,13,18H,12H2,1-3H3,(H,22,24). The molecule has 0 aromatic heterocycles. The third-order valence-corrected chi connectivity index (χ3v) is 5.19. The van der Waals surface area contributed by atoms with E-state index in [0.717, 1.165) is 10.5 Å². The Balaban J connectivity index is 1.95. The number of likely N-dealkylation sites (N-methyl/N-ethyl adjacent to an activating group) is 1. The monoisotopic (exact) mass is 380 g/mol. The summed E-state index contributed by atoms with van der Waals surface area (Å²) in [6, 6.07) is 13.8. The highest BCUT2D eigenvalue weighted by atomic mass is 35.5. The van der Waals surface area contributed by atoms with Gasteiger partial charge in [-0.3, -0.25) is 4.79 Å². The Hall–Kier alpha value is -1.56. The summed E-state index contributed by atoms with van der Waals surface area (Å²) >= 11 is 7.35. The van der Waals surface area contributed by atoms with Crippen LogP contribution in [-0.2, 0) is 4.79 Å². The summed E-state index contributed by atoms with van der Waals surface area (Å²) in [4.78, 5) is 15.3. The molecule has 1 N–H and O–H groups in total. The molecule has 0 saturated carbocycles. The van der Waals surface area contributed by atoms with Gasteiger partial charge in [0.2, 0.25) is 5.91 Å². The predicted octanol–water partition coefficient (Wildman–Crippen LogP) is 4.38. The van der Waals surface area contributed by atoms with E-state index in [0.29, 0.717) is 11.6 Å². The molecule has 2 unspecified atom stereocenters. The van der Waals surface area contributed by atoms with Crippen molar-refractivity contribution in [3.63, 3.8) is 0 Å². The van der Waals surface area contributed by atoms with Crippen molar-refractivity contribution in [1.82, 2.24) is 10.2 Å². The topological polar surface area (TPSA) is 32.3 Å². The van der Waals surface area contributed by atoms with Crippen molar-refractivity contribution in [2.24, 2.45) is 0 Å². The van der Waals surface area contributed by atoms with Crippen molar-refractivity contribution in [3.05, 3.63) is 64.9 Å². The van der Waals surface area contributed by atoms with E-state index in [1.54, 1.807) is 18.2 Å². The van der Waals surface area contributed by atoms with Crippen molar-refractivity contribution < 1.29 is 9.18 Å². The van der Waals surface area contributed by atoms with E-state index in [-0.39, 0.29) is 23.0 Å². The fraction of sp³-hybridized carbons (Fsp3) is 0.316. The SMILES string of the molecule is CC(Sc1ccc(Cl)cc1)C(=O)NCC(c1cccc(F)c1)N(C)C.